The van der Waals surface area contributed by atoms with E-state index in [-0.39, 0.29) is 11.9 Å². The van der Waals surface area contributed by atoms with Crippen molar-refractivity contribution in [2.75, 3.05) is 17.7 Å². The highest BCUT2D eigenvalue weighted by molar-refractivity contribution is 6.09. The summed E-state index contributed by atoms with van der Waals surface area (Å²) in [6.07, 6.45) is 0.874. The molecule has 0 saturated carbocycles. The van der Waals surface area contributed by atoms with Gasteiger partial charge in [-0.15, -0.1) is 0 Å². The van der Waals surface area contributed by atoms with Gasteiger partial charge in [-0.05, 0) is 37.1 Å². The van der Waals surface area contributed by atoms with Crippen molar-refractivity contribution in [2.45, 2.75) is 19.4 Å². The highest BCUT2D eigenvalue weighted by Crippen LogP contribution is 2.34. The van der Waals surface area contributed by atoms with E-state index in [0.29, 0.717) is 17.0 Å². The zero-order chi connectivity index (χ0) is 15.0. The monoisotopic (exact) mass is 282 g/mol. The molecule has 0 bridgehead atoms. The number of fused-ring (bicyclic) bond motifs is 1. The maximum Gasteiger partial charge on any atom is 0.262 e. The van der Waals surface area contributed by atoms with E-state index in [9.17, 15) is 4.79 Å². The topological polar surface area (TPSA) is 55.6 Å². The van der Waals surface area contributed by atoms with Crippen molar-refractivity contribution in [3.63, 3.8) is 0 Å². The van der Waals surface area contributed by atoms with Crippen LogP contribution in [0.4, 0.5) is 11.4 Å². The molecule has 4 heteroatoms. The number of para-hydroxylation sites is 1. The van der Waals surface area contributed by atoms with Gasteiger partial charge in [-0.25, -0.2) is 0 Å². The Bertz CT molecular complexity index is 697. The minimum absolute atomic E-state index is 0.0516. The van der Waals surface area contributed by atoms with Crippen LogP contribution in [0, 0.1) is 0 Å². The third kappa shape index (κ3) is 2.23. The van der Waals surface area contributed by atoms with E-state index >= 15 is 0 Å². The SMILES string of the molecule is COc1cc(N)ccc1C(=O)N1c2ccccc2CC1C. The van der Waals surface area contributed by atoms with E-state index in [1.54, 1.807) is 25.3 Å². The number of carbonyl (C=O) groups excluding carboxylic acids is 1. The van der Waals surface area contributed by atoms with Gasteiger partial charge in [0.15, 0.2) is 0 Å². The van der Waals surface area contributed by atoms with Gasteiger partial charge >= 0.3 is 0 Å². The third-order valence-electron chi connectivity index (χ3n) is 3.88. The van der Waals surface area contributed by atoms with Gasteiger partial charge in [0.05, 0.1) is 12.7 Å². The number of rotatable bonds is 2. The Hall–Kier alpha value is -2.49. The van der Waals surface area contributed by atoms with Crippen LogP contribution in [0.15, 0.2) is 42.5 Å². The second kappa shape index (κ2) is 5.13. The summed E-state index contributed by atoms with van der Waals surface area (Å²) < 4.78 is 5.30. The Balaban J connectivity index is 2.03. The molecule has 1 unspecified atom stereocenters. The van der Waals surface area contributed by atoms with Crippen molar-refractivity contribution < 1.29 is 9.53 Å². The van der Waals surface area contributed by atoms with Gasteiger partial charge in [0, 0.05) is 23.5 Å². The number of anilines is 2. The van der Waals surface area contributed by atoms with E-state index in [1.807, 2.05) is 23.1 Å². The fourth-order valence-electron chi connectivity index (χ4n) is 2.89. The maximum absolute atomic E-state index is 12.9. The number of ether oxygens (including phenoxy) is 1. The average Bonchev–Trinajstić information content (AvgIpc) is 2.82. The molecule has 1 aliphatic rings. The molecule has 1 heterocycles. The highest BCUT2D eigenvalue weighted by Gasteiger charge is 2.32. The van der Waals surface area contributed by atoms with Crippen LogP contribution in [0.1, 0.15) is 22.8 Å². The molecule has 0 saturated heterocycles. The van der Waals surface area contributed by atoms with Crippen LogP contribution in [0.3, 0.4) is 0 Å². The zero-order valence-corrected chi connectivity index (χ0v) is 12.2. The summed E-state index contributed by atoms with van der Waals surface area (Å²) in [6, 6.07) is 13.3. The van der Waals surface area contributed by atoms with Crippen molar-refractivity contribution in [3.8, 4) is 5.75 Å². The van der Waals surface area contributed by atoms with Crippen LogP contribution < -0.4 is 15.4 Å². The summed E-state index contributed by atoms with van der Waals surface area (Å²) in [5, 5.41) is 0. The molecule has 0 aromatic heterocycles. The molecular weight excluding hydrogens is 264 g/mol. The van der Waals surface area contributed by atoms with Crippen LogP contribution >= 0.6 is 0 Å². The number of methoxy groups -OCH3 is 1. The summed E-state index contributed by atoms with van der Waals surface area (Å²) >= 11 is 0. The highest BCUT2D eigenvalue weighted by atomic mass is 16.5. The summed E-state index contributed by atoms with van der Waals surface area (Å²) in [6.45, 7) is 2.06. The fourth-order valence-corrected chi connectivity index (χ4v) is 2.89. The first kappa shape index (κ1) is 13.5. The van der Waals surface area contributed by atoms with Crippen molar-refractivity contribution in [1.82, 2.24) is 0 Å². The van der Waals surface area contributed by atoms with Crippen molar-refractivity contribution in [2.24, 2.45) is 0 Å². The van der Waals surface area contributed by atoms with Crippen LogP contribution in [-0.4, -0.2) is 19.1 Å². The van der Waals surface area contributed by atoms with Crippen molar-refractivity contribution >= 4 is 17.3 Å². The molecule has 0 radical (unpaired) electrons. The molecule has 0 aliphatic carbocycles. The molecule has 2 N–H and O–H groups in total. The molecule has 1 amide bonds. The molecular formula is C17H18N2O2. The Kier molecular flexibility index (Phi) is 3.29. The molecule has 0 spiro atoms. The van der Waals surface area contributed by atoms with Gasteiger partial charge in [-0.3, -0.25) is 4.79 Å². The van der Waals surface area contributed by atoms with E-state index in [2.05, 4.69) is 13.0 Å². The molecule has 2 aromatic carbocycles. The van der Waals surface area contributed by atoms with Gasteiger partial charge in [-0.2, -0.15) is 0 Å². The van der Waals surface area contributed by atoms with E-state index in [1.165, 1.54) is 5.56 Å². The van der Waals surface area contributed by atoms with Crippen LogP contribution in [-0.2, 0) is 6.42 Å². The first-order valence-electron chi connectivity index (χ1n) is 6.97. The number of nitrogen functional groups attached to an aromatic ring is 1. The Morgan fingerprint density at radius 1 is 1.29 bits per heavy atom. The standard InChI is InChI=1S/C17H18N2O2/c1-11-9-12-5-3-4-6-15(12)19(11)17(20)14-8-7-13(18)10-16(14)21-2/h3-8,10-11H,9,18H2,1-2H3. The zero-order valence-electron chi connectivity index (χ0n) is 12.2. The second-order valence-corrected chi connectivity index (χ2v) is 5.32. The minimum Gasteiger partial charge on any atom is -0.496 e. The van der Waals surface area contributed by atoms with Crippen LogP contribution in [0.25, 0.3) is 0 Å². The van der Waals surface area contributed by atoms with Crippen molar-refractivity contribution in [1.29, 1.82) is 0 Å². The third-order valence-corrected chi connectivity index (χ3v) is 3.88. The second-order valence-electron chi connectivity index (χ2n) is 5.32. The number of hydrogen-bond donors (Lipinski definition) is 1. The quantitative estimate of drug-likeness (QED) is 0.862. The molecule has 108 valence electrons. The summed E-state index contributed by atoms with van der Waals surface area (Å²) in [7, 11) is 1.55. The van der Waals surface area contributed by atoms with Gasteiger partial charge < -0.3 is 15.4 Å². The number of hydrogen-bond acceptors (Lipinski definition) is 3. The van der Waals surface area contributed by atoms with Gasteiger partial charge in [0.2, 0.25) is 0 Å². The molecule has 1 atom stereocenters. The van der Waals surface area contributed by atoms with Gasteiger partial charge in [0.25, 0.3) is 5.91 Å². The Labute approximate surface area is 124 Å². The van der Waals surface area contributed by atoms with Crippen LogP contribution in [0.5, 0.6) is 5.75 Å². The van der Waals surface area contributed by atoms with Crippen LogP contribution in [0.2, 0.25) is 0 Å². The average molecular weight is 282 g/mol. The molecule has 0 fully saturated rings. The number of nitrogens with zero attached hydrogens (tertiary/aromatic N) is 1. The van der Waals surface area contributed by atoms with E-state index < -0.39 is 0 Å². The largest absolute Gasteiger partial charge is 0.496 e. The first-order valence-corrected chi connectivity index (χ1v) is 6.97. The van der Waals surface area contributed by atoms with Crippen molar-refractivity contribution in [3.05, 3.63) is 53.6 Å². The maximum atomic E-state index is 12.9. The molecule has 3 rings (SSSR count). The van der Waals surface area contributed by atoms with Gasteiger partial charge in [-0.1, -0.05) is 18.2 Å². The molecule has 1 aliphatic heterocycles. The lowest BCUT2D eigenvalue weighted by atomic mass is 10.1. The molecule has 21 heavy (non-hydrogen) atoms. The number of nitrogens with two attached hydrogens (primary N) is 1. The number of amides is 1. The summed E-state index contributed by atoms with van der Waals surface area (Å²) in [5.41, 5.74) is 9.06. The summed E-state index contributed by atoms with van der Waals surface area (Å²) in [5.74, 6) is 0.459. The molecule has 2 aromatic rings. The van der Waals surface area contributed by atoms with Gasteiger partial charge in [0.1, 0.15) is 5.75 Å². The lowest BCUT2D eigenvalue weighted by Gasteiger charge is -2.23. The fraction of sp³-hybridized carbons (Fsp3) is 0.235. The Morgan fingerprint density at radius 3 is 2.81 bits per heavy atom. The number of carbonyl (C=O) groups is 1. The minimum atomic E-state index is -0.0516. The summed E-state index contributed by atoms with van der Waals surface area (Å²) in [4.78, 5) is 14.8. The smallest absolute Gasteiger partial charge is 0.262 e. The first-order chi connectivity index (χ1) is 10.1. The van der Waals surface area contributed by atoms with E-state index in [0.717, 1.165) is 12.1 Å². The lowest BCUT2D eigenvalue weighted by molar-refractivity contribution is 0.0978. The predicted molar refractivity (Wildman–Crippen MR) is 83.8 cm³/mol. The molecule has 4 nitrogen and oxygen atoms in total. The Morgan fingerprint density at radius 2 is 2.05 bits per heavy atom. The normalized spacial score (nSPS) is 16.7. The number of benzene rings is 2. The lowest BCUT2D eigenvalue weighted by Crippen LogP contribution is -2.35. The van der Waals surface area contributed by atoms with E-state index in [4.69, 9.17) is 10.5 Å². The predicted octanol–water partition coefficient (Wildman–Crippen LogP) is 2.87.